The lowest BCUT2D eigenvalue weighted by Gasteiger charge is -2.43. The first kappa shape index (κ1) is 10.8. The molecule has 3 rings (SSSR count). The van der Waals surface area contributed by atoms with Gasteiger partial charge >= 0.3 is 5.97 Å². The van der Waals surface area contributed by atoms with Crippen LogP contribution >= 0.6 is 12.4 Å². The van der Waals surface area contributed by atoms with Gasteiger partial charge in [-0.3, -0.25) is 9.69 Å². The van der Waals surface area contributed by atoms with Crippen molar-refractivity contribution < 1.29 is 9.53 Å². The Balaban J connectivity index is 0.000000845. The summed E-state index contributed by atoms with van der Waals surface area (Å²) < 4.78 is 5.24. The lowest BCUT2D eigenvalue weighted by Crippen LogP contribution is -2.51. The summed E-state index contributed by atoms with van der Waals surface area (Å²) in [6, 6.07) is 0. The van der Waals surface area contributed by atoms with E-state index in [-0.39, 0.29) is 24.5 Å². The Morgan fingerprint density at radius 3 is 2.38 bits per heavy atom. The van der Waals surface area contributed by atoms with E-state index in [4.69, 9.17) is 4.74 Å². The van der Waals surface area contributed by atoms with Crippen molar-refractivity contribution in [3.63, 3.8) is 0 Å². The molecule has 76 valence electrons. The van der Waals surface area contributed by atoms with Crippen molar-refractivity contribution >= 4 is 18.4 Å². The van der Waals surface area contributed by atoms with Gasteiger partial charge in [-0.1, -0.05) is 0 Å². The van der Waals surface area contributed by atoms with Crippen molar-refractivity contribution in [1.29, 1.82) is 0 Å². The molecule has 3 fully saturated rings. The summed E-state index contributed by atoms with van der Waals surface area (Å²) in [4.78, 5) is 13.1. The van der Waals surface area contributed by atoms with Crippen LogP contribution < -0.4 is 0 Å². The molecular weight excluding hydrogens is 190 g/mol. The van der Waals surface area contributed by atoms with E-state index in [1.165, 1.54) is 32.9 Å². The first-order chi connectivity index (χ1) is 5.75. The zero-order valence-corrected chi connectivity index (χ0v) is 8.68. The van der Waals surface area contributed by atoms with Crippen molar-refractivity contribution in [2.75, 3.05) is 19.6 Å². The van der Waals surface area contributed by atoms with Crippen molar-refractivity contribution in [3.8, 4) is 0 Å². The third-order valence-corrected chi connectivity index (χ3v) is 2.91. The zero-order chi connectivity index (χ0) is 8.55. The Bertz CT molecular complexity index is 190. The molecule has 0 spiro atoms. The third-order valence-electron chi connectivity index (χ3n) is 2.91. The van der Waals surface area contributed by atoms with Crippen LogP contribution in [0, 0.1) is 5.92 Å². The Labute approximate surface area is 84.8 Å². The number of carbonyl (C=O) groups excluding carboxylic acids is 1. The summed E-state index contributed by atoms with van der Waals surface area (Å²) >= 11 is 0. The van der Waals surface area contributed by atoms with E-state index in [2.05, 4.69) is 4.90 Å². The number of fused-ring (bicyclic) bond motifs is 3. The fraction of sp³-hybridized carbons (Fsp3) is 0.889. The summed E-state index contributed by atoms with van der Waals surface area (Å²) in [5.74, 6) is 0.507. The fourth-order valence-electron chi connectivity index (χ4n) is 2.26. The van der Waals surface area contributed by atoms with Gasteiger partial charge in [0.25, 0.3) is 0 Å². The molecule has 0 aliphatic carbocycles. The van der Waals surface area contributed by atoms with Crippen LogP contribution in [0.4, 0.5) is 0 Å². The number of ether oxygens (including phenoxy) is 1. The SMILES string of the molecule is CC(=O)O[C@H]1CN2CCC1CC2.Cl. The molecule has 1 atom stereocenters. The Morgan fingerprint density at radius 2 is 2.00 bits per heavy atom. The van der Waals surface area contributed by atoms with Crippen LogP contribution in [0.25, 0.3) is 0 Å². The number of nitrogens with zero attached hydrogens (tertiary/aromatic N) is 1. The quantitative estimate of drug-likeness (QED) is 0.600. The number of carbonyl (C=O) groups is 1. The molecule has 2 bridgehead atoms. The van der Waals surface area contributed by atoms with Crippen LogP contribution in [0.1, 0.15) is 19.8 Å². The molecule has 0 N–H and O–H groups in total. The molecule has 0 aromatic heterocycles. The van der Waals surface area contributed by atoms with Crippen LogP contribution in [-0.2, 0) is 9.53 Å². The predicted octanol–water partition coefficient (Wildman–Crippen LogP) is 1.07. The lowest BCUT2D eigenvalue weighted by atomic mass is 9.86. The number of rotatable bonds is 1. The average Bonchev–Trinajstić information content (AvgIpc) is 2.05. The van der Waals surface area contributed by atoms with E-state index < -0.39 is 0 Å². The Kier molecular flexibility index (Phi) is 3.56. The minimum Gasteiger partial charge on any atom is -0.461 e. The summed E-state index contributed by atoms with van der Waals surface area (Å²) in [7, 11) is 0. The fourth-order valence-corrected chi connectivity index (χ4v) is 2.26. The summed E-state index contributed by atoms with van der Waals surface area (Å²) in [5, 5.41) is 0. The predicted molar refractivity (Wildman–Crippen MR) is 52.0 cm³/mol. The summed E-state index contributed by atoms with van der Waals surface area (Å²) in [6.45, 7) is 4.85. The van der Waals surface area contributed by atoms with Crippen LogP contribution in [0.15, 0.2) is 0 Å². The molecule has 0 aromatic rings. The smallest absolute Gasteiger partial charge is 0.302 e. The van der Waals surface area contributed by atoms with Gasteiger partial charge in [0.1, 0.15) is 6.10 Å². The Hall–Kier alpha value is -0.280. The highest BCUT2D eigenvalue weighted by Gasteiger charge is 2.35. The normalized spacial score (nSPS) is 36.5. The van der Waals surface area contributed by atoms with E-state index >= 15 is 0 Å². The van der Waals surface area contributed by atoms with Gasteiger partial charge in [0.15, 0.2) is 0 Å². The first-order valence-corrected chi connectivity index (χ1v) is 4.65. The molecule has 13 heavy (non-hydrogen) atoms. The third kappa shape index (κ3) is 2.35. The molecule has 3 nitrogen and oxygen atoms in total. The average molecular weight is 206 g/mol. The Morgan fingerprint density at radius 1 is 1.38 bits per heavy atom. The topological polar surface area (TPSA) is 29.5 Å². The van der Waals surface area contributed by atoms with E-state index in [9.17, 15) is 4.79 Å². The van der Waals surface area contributed by atoms with Crippen LogP contribution in [0.5, 0.6) is 0 Å². The maximum Gasteiger partial charge on any atom is 0.302 e. The van der Waals surface area contributed by atoms with E-state index in [1.807, 2.05) is 0 Å². The van der Waals surface area contributed by atoms with Crippen molar-refractivity contribution in [3.05, 3.63) is 0 Å². The second-order valence-corrected chi connectivity index (χ2v) is 3.79. The standard InChI is InChI=1S/C9H15NO2.ClH/c1-7(11)12-9-6-10-4-2-8(9)3-5-10;/h8-9H,2-6H2,1H3;1H/t9-;/m0./s1. The monoisotopic (exact) mass is 205 g/mol. The molecule has 0 saturated carbocycles. The highest BCUT2D eigenvalue weighted by Crippen LogP contribution is 2.29. The van der Waals surface area contributed by atoms with Crippen LogP contribution in [-0.4, -0.2) is 36.6 Å². The van der Waals surface area contributed by atoms with Gasteiger partial charge in [0.05, 0.1) is 0 Å². The second-order valence-electron chi connectivity index (χ2n) is 3.79. The molecular formula is C9H16ClNO2. The molecule has 0 radical (unpaired) electrons. The van der Waals surface area contributed by atoms with Gasteiger partial charge in [-0.2, -0.15) is 0 Å². The number of halogens is 1. The molecule has 3 heterocycles. The van der Waals surface area contributed by atoms with Gasteiger partial charge in [0, 0.05) is 13.5 Å². The summed E-state index contributed by atoms with van der Waals surface area (Å²) in [6.07, 6.45) is 2.60. The van der Waals surface area contributed by atoms with Crippen LogP contribution in [0.2, 0.25) is 0 Å². The first-order valence-electron chi connectivity index (χ1n) is 4.65. The van der Waals surface area contributed by atoms with Crippen LogP contribution in [0.3, 0.4) is 0 Å². The minimum atomic E-state index is -0.131. The molecule has 3 aliphatic heterocycles. The number of piperidine rings is 3. The van der Waals surface area contributed by atoms with E-state index in [1.54, 1.807) is 0 Å². The maximum absolute atomic E-state index is 10.7. The molecule has 3 saturated heterocycles. The lowest BCUT2D eigenvalue weighted by molar-refractivity contribution is -0.156. The number of hydrogen-bond donors (Lipinski definition) is 0. The highest BCUT2D eigenvalue weighted by atomic mass is 35.5. The van der Waals surface area contributed by atoms with Gasteiger partial charge in [-0.05, 0) is 31.8 Å². The van der Waals surface area contributed by atoms with Gasteiger partial charge in [0.2, 0.25) is 0 Å². The van der Waals surface area contributed by atoms with Gasteiger partial charge < -0.3 is 4.74 Å². The maximum atomic E-state index is 10.7. The van der Waals surface area contributed by atoms with Gasteiger partial charge in [-0.15, -0.1) is 12.4 Å². The van der Waals surface area contributed by atoms with Crippen molar-refractivity contribution in [1.82, 2.24) is 4.90 Å². The molecule has 0 unspecified atom stereocenters. The molecule has 4 heteroatoms. The van der Waals surface area contributed by atoms with Crippen molar-refractivity contribution in [2.24, 2.45) is 5.92 Å². The van der Waals surface area contributed by atoms with E-state index in [0.29, 0.717) is 5.92 Å². The number of esters is 1. The minimum absolute atomic E-state index is 0. The van der Waals surface area contributed by atoms with E-state index in [0.717, 1.165) is 6.54 Å². The second kappa shape index (κ2) is 4.29. The van der Waals surface area contributed by atoms with Gasteiger partial charge in [-0.25, -0.2) is 0 Å². The molecule has 3 aliphatic rings. The largest absolute Gasteiger partial charge is 0.461 e. The molecule has 0 amide bonds. The zero-order valence-electron chi connectivity index (χ0n) is 7.86. The summed E-state index contributed by atoms with van der Waals surface area (Å²) in [5.41, 5.74) is 0. The molecule has 0 aromatic carbocycles. The highest BCUT2D eigenvalue weighted by molar-refractivity contribution is 5.85. The van der Waals surface area contributed by atoms with Crippen molar-refractivity contribution in [2.45, 2.75) is 25.9 Å². The number of hydrogen-bond acceptors (Lipinski definition) is 3.